The van der Waals surface area contributed by atoms with Crippen molar-refractivity contribution in [3.8, 4) is 0 Å². The van der Waals surface area contributed by atoms with Crippen LogP contribution in [0.1, 0.15) is 30.6 Å². The monoisotopic (exact) mass is 550 g/mol. The van der Waals surface area contributed by atoms with Gasteiger partial charge in [-0.3, -0.25) is 9.69 Å². The molecule has 8 nitrogen and oxygen atoms in total. The molecule has 0 saturated carbocycles. The van der Waals surface area contributed by atoms with Crippen molar-refractivity contribution in [2.45, 2.75) is 37.4 Å². The zero-order valence-corrected chi connectivity index (χ0v) is 23.2. The smallest absolute Gasteiger partial charge is 0.260 e. The molecular formula is C25H31ClN4O4S2. The summed E-state index contributed by atoms with van der Waals surface area (Å²) >= 11 is 7.73. The number of amides is 1. The van der Waals surface area contributed by atoms with Crippen molar-refractivity contribution in [2.24, 2.45) is 0 Å². The summed E-state index contributed by atoms with van der Waals surface area (Å²) in [4.78, 5) is 22.1. The molecule has 2 heterocycles. The Morgan fingerprint density at radius 3 is 2.39 bits per heavy atom. The minimum atomic E-state index is -3.69. The van der Waals surface area contributed by atoms with E-state index in [1.807, 2.05) is 40.1 Å². The van der Waals surface area contributed by atoms with E-state index in [1.54, 1.807) is 23.1 Å². The highest BCUT2D eigenvalue weighted by Crippen LogP contribution is 2.33. The molecule has 1 amide bonds. The van der Waals surface area contributed by atoms with E-state index < -0.39 is 10.0 Å². The minimum absolute atomic E-state index is 0.159. The maximum absolute atomic E-state index is 13.6. The van der Waals surface area contributed by atoms with Gasteiger partial charge in [-0.2, -0.15) is 4.31 Å². The molecule has 1 aromatic heterocycles. The largest absolute Gasteiger partial charge is 0.373 e. The van der Waals surface area contributed by atoms with E-state index in [1.165, 1.54) is 27.8 Å². The van der Waals surface area contributed by atoms with Gasteiger partial charge in [-0.15, -0.1) is 0 Å². The molecule has 1 saturated heterocycles. The van der Waals surface area contributed by atoms with Crippen molar-refractivity contribution < 1.29 is 17.9 Å². The van der Waals surface area contributed by atoms with Crippen molar-refractivity contribution in [1.82, 2.24) is 14.2 Å². The van der Waals surface area contributed by atoms with Gasteiger partial charge in [-0.1, -0.05) is 29.0 Å². The molecule has 36 heavy (non-hydrogen) atoms. The Bertz CT molecular complexity index is 1320. The number of aromatic nitrogens is 1. The maximum atomic E-state index is 13.6. The van der Waals surface area contributed by atoms with E-state index in [4.69, 9.17) is 16.3 Å². The summed E-state index contributed by atoms with van der Waals surface area (Å²) in [6.07, 6.45) is 0.396. The van der Waals surface area contributed by atoms with Crippen LogP contribution in [0.5, 0.6) is 0 Å². The first-order valence-electron chi connectivity index (χ1n) is 11.8. The van der Waals surface area contributed by atoms with Gasteiger partial charge in [0.2, 0.25) is 10.0 Å². The number of thiazole rings is 1. The molecule has 2 aromatic carbocycles. The summed E-state index contributed by atoms with van der Waals surface area (Å²) in [5.74, 6) is -0.235. The molecular weight excluding hydrogens is 520 g/mol. The fourth-order valence-electron chi connectivity index (χ4n) is 4.25. The normalized spacial score (nSPS) is 19.2. The number of morpholine rings is 1. The third-order valence-electron chi connectivity index (χ3n) is 5.95. The number of carbonyl (C=O) groups is 1. The lowest BCUT2D eigenvalue weighted by atomic mass is 10.2. The third kappa shape index (κ3) is 5.90. The number of para-hydroxylation sites is 1. The molecule has 0 N–H and O–H groups in total. The quantitative estimate of drug-likeness (QED) is 0.415. The summed E-state index contributed by atoms with van der Waals surface area (Å²) in [5, 5.41) is 1.10. The molecule has 1 aliphatic heterocycles. The third-order valence-corrected chi connectivity index (χ3v) is 9.14. The van der Waals surface area contributed by atoms with Crippen LogP contribution in [0.2, 0.25) is 5.02 Å². The van der Waals surface area contributed by atoms with Gasteiger partial charge in [-0.05, 0) is 77.3 Å². The lowest BCUT2D eigenvalue weighted by molar-refractivity contribution is -0.0440. The van der Waals surface area contributed by atoms with E-state index in [2.05, 4.69) is 9.88 Å². The van der Waals surface area contributed by atoms with E-state index in [9.17, 15) is 13.2 Å². The second kappa shape index (κ2) is 11.1. The molecule has 11 heteroatoms. The van der Waals surface area contributed by atoms with E-state index in [0.29, 0.717) is 40.9 Å². The molecule has 4 rings (SSSR count). The summed E-state index contributed by atoms with van der Waals surface area (Å²) in [6.45, 7) is 5.60. The molecule has 0 aliphatic carbocycles. The molecule has 0 bridgehead atoms. The second-order valence-corrected chi connectivity index (χ2v) is 12.7. The zero-order chi connectivity index (χ0) is 26.0. The van der Waals surface area contributed by atoms with Gasteiger partial charge in [0, 0.05) is 25.2 Å². The molecule has 1 fully saturated rings. The van der Waals surface area contributed by atoms with Crippen molar-refractivity contribution in [1.29, 1.82) is 0 Å². The van der Waals surface area contributed by atoms with E-state index in [-0.39, 0.29) is 23.0 Å². The van der Waals surface area contributed by atoms with Crippen LogP contribution in [0.3, 0.4) is 0 Å². The van der Waals surface area contributed by atoms with Crippen LogP contribution in [0, 0.1) is 0 Å². The van der Waals surface area contributed by atoms with Gasteiger partial charge < -0.3 is 9.64 Å². The van der Waals surface area contributed by atoms with Crippen molar-refractivity contribution in [3.63, 3.8) is 0 Å². The number of sulfonamides is 1. The second-order valence-electron chi connectivity index (χ2n) is 9.30. The first-order chi connectivity index (χ1) is 17.1. The summed E-state index contributed by atoms with van der Waals surface area (Å²) in [6, 6.07) is 11.7. The van der Waals surface area contributed by atoms with Gasteiger partial charge in [0.1, 0.15) is 5.52 Å². The Hall–Kier alpha value is -2.08. The van der Waals surface area contributed by atoms with Crippen LogP contribution in [0.4, 0.5) is 5.13 Å². The van der Waals surface area contributed by atoms with Gasteiger partial charge in [-0.25, -0.2) is 13.4 Å². The highest BCUT2D eigenvalue weighted by Gasteiger charge is 2.32. The average Bonchev–Trinajstić information content (AvgIpc) is 3.26. The van der Waals surface area contributed by atoms with Gasteiger partial charge in [0.15, 0.2) is 5.13 Å². The number of hydrogen-bond acceptors (Lipinski definition) is 7. The molecule has 194 valence electrons. The van der Waals surface area contributed by atoms with Crippen LogP contribution in [-0.4, -0.2) is 81.0 Å². The van der Waals surface area contributed by atoms with Gasteiger partial charge in [0.25, 0.3) is 5.91 Å². The number of benzene rings is 2. The Morgan fingerprint density at radius 1 is 1.11 bits per heavy atom. The predicted octanol–water partition coefficient (Wildman–Crippen LogP) is 4.35. The highest BCUT2D eigenvalue weighted by atomic mass is 35.5. The number of nitrogens with zero attached hydrogens (tertiary/aromatic N) is 4. The van der Waals surface area contributed by atoms with Crippen LogP contribution in [0.25, 0.3) is 10.2 Å². The van der Waals surface area contributed by atoms with Crippen molar-refractivity contribution in [3.05, 3.63) is 53.1 Å². The van der Waals surface area contributed by atoms with Crippen molar-refractivity contribution >= 4 is 54.2 Å². The van der Waals surface area contributed by atoms with Crippen LogP contribution in [0.15, 0.2) is 47.4 Å². The Morgan fingerprint density at radius 2 is 1.78 bits per heavy atom. The SMILES string of the molecule is C[C@@H]1CN(S(=O)(=O)c2ccc(C(=O)N(CCCN(C)C)c3nc4c(Cl)cccc4s3)cc2)C[C@H](C)O1. The van der Waals surface area contributed by atoms with Crippen LogP contribution in [-0.2, 0) is 14.8 Å². The molecule has 1 aliphatic rings. The predicted molar refractivity (Wildman–Crippen MR) is 145 cm³/mol. The topological polar surface area (TPSA) is 83.1 Å². The maximum Gasteiger partial charge on any atom is 0.260 e. The molecule has 0 radical (unpaired) electrons. The van der Waals surface area contributed by atoms with E-state index in [0.717, 1.165) is 17.7 Å². The fourth-order valence-corrected chi connectivity index (χ4v) is 7.13. The Balaban J connectivity index is 1.60. The summed E-state index contributed by atoms with van der Waals surface area (Å²) in [5.41, 5.74) is 1.06. The summed E-state index contributed by atoms with van der Waals surface area (Å²) < 4.78 is 34.4. The molecule has 0 spiro atoms. The number of anilines is 1. The number of halogens is 1. The first-order valence-corrected chi connectivity index (χ1v) is 14.5. The zero-order valence-electron chi connectivity index (χ0n) is 20.8. The molecule has 3 aromatic rings. The minimum Gasteiger partial charge on any atom is -0.373 e. The number of ether oxygens (including phenoxy) is 1. The molecule has 2 atom stereocenters. The lowest BCUT2D eigenvalue weighted by Crippen LogP contribution is -2.48. The van der Waals surface area contributed by atoms with Crippen LogP contribution >= 0.6 is 22.9 Å². The fraction of sp³-hybridized carbons (Fsp3) is 0.440. The highest BCUT2D eigenvalue weighted by molar-refractivity contribution is 7.89. The Labute approximate surface area is 221 Å². The lowest BCUT2D eigenvalue weighted by Gasteiger charge is -2.34. The van der Waals surface area contributed by atoms with Gasteiger partial charge in [0.05, 0.1) is 26.8 Å². The number of rotatable bonds is 8. The Kier molecular flexibility index (Phi) is 8.33. The summed E-state index contributed by atoms with van der Waals surface area (Å²) in [7, 11) is 0.279. The van der Waals surface area contributed by atoms with Gasteiger partial charge >= 0.3 is 0 Å². The first kappa shape index (κ1) is 27.0. The van der Waals surface area contributed by atoms with Crippen LogP contribution < -0.4 is 4.90 Å². The number of carbonyl (C=O) groups excluding carboxylic acids is 1. The standard InChI is InChI=1S/C25H31ClN4O4S2/c1-17-15-29(16-18(2)34-17)36(32,33)20-11-9-19(10-12-20)24(31)30(14-6-13-28(3)4)25-27-23-21(26)7-5-8-22(23)35-25/h5,7-12,17-18H,6,13-16H2,1-4H3/t17-,18+. The average molecular weight is 551 g/mol. The molecule has 0 unspecified atom stereocenters. The number of fused-ring (bicyclic) bond motifs is 1. The van der Waals surface area contributed by atoms with Crippen molar-refractivity contribution in [2.75, 3.05) is 45.2 Å². The van der Waals surface area contributed by atoms with E-state index >= 15 is 0 Å². The number of hydrogen-bond donors (Lipinski definition) is 0.